The van der Waals surface area contributed by atoms with Gasteiger partial charge >= 0.3 is 15.6 Å². The maximum Gasteiger partial charge on any atom is 0.445 e. The second-order valence-electron chi connectivity index (χ2n) is 5.31. The molecule has 1 aromatic rings. The summed E-state index contributed by atoms with van der Waals surface area (Å²) in [6, 6.07) is 5.95. The van der Waals surface area contributed by atoms with E-state index in [4.69, 9.17) is 4.18 Å². The van der Waals surface area contributed by atoms with Crippen molar-refractivity contribution in [3.63, 3.8) is 0 Å². The van der Waals surface area contributed by atoms with Gasteiger partial charge in [-0.15, -0.1) is 0 Å². The lowest BCUT2D eigenvalue weighted by Gasteiger charge is -2.11. The average Bonchev–Trinajstić information content (AvgIpc) is 2.48. The number of hydrogen-bond donors (Lipinski definition) is 0. The minimum atomic E-state index is -4.48. The molecule has 0 bridgehead atoms. The van der Waals surface area contributed by atoms with Gasteiger partial charge in [-0.25, -0.2) is 0 Å². The Morgan fingerprint density at radius 1 is 1.17 bits per heavy atom. The number of unbranched alkanes of at least 4 members (excludes halogenated alkanes) is 3. The molecule has 0 spiro atoms. The van der Waals surface area contributed by atoms with Crippen molar-refractivity contribution in [2.24, 2.45) is 0 Å². The van der Waals surface area contributed by atoms with Gasteiger partial charge in [0.1, 0.15) is 10.7 Å². The molecule has 0 radical (unpaired) electrons. The molecule has 24 heavy (non-hydrogen) atoms. The zero-order valence-corrected chi connectivity index (χ0v) is 15.2. The van der Waals surface area contributed by atoms with Crippen molar-refractivity contribution >= 4 is 21.9 Å². The third kappa shape index (κ3) is 8.10. The Morgan fingerprint density at radius 2 is 1.79 bits per heavy atom. The average molecular weight is 382 g/mol. The molecule has 0 saturated carbocycles. The van der Waals surface area contributed by atoms with Crippen LogP contribution in [0.25, 0.3) is 0 Å². The molecule has 0 aromatic heterocycles. The van der Waals surface area contributed by atoms with E-state index in [1.54, 1.807) is 19.1 Å². The lowest BCUT2D eigenvalue weighted by Crippen LogP contribution is -2.07. The second kappa shape index (κ2) is 9.36. The number of allylic oxidation sites excluding steroid dienone is 1. The first-order chi connectivity index (χ1) is 11.1. The van der Waals surface area contributed by atoms with E-state index < -0.39 is 27.4 Å². The Kier molecular flexibility index (Phi) is 8.15. The van der Waals surface area contributed by atoms with E-state index in [9.17, 15) is 21.6 Å². The summed E-state index contributed by atoms with van der Waals surface area (Å²) in [6.45, 7) is 3.81. The van der Waals surface area contributed by atoms with Crippen molar-refractivity contribution in [1.29, 1.82) is 0 Å². The highest BCUT2D eigenvalue weighted by molar-refractivity contribution is 8.03. The van der Waals surface area contributed by atoms with Gasteiger partial charge in [0.2, 0.25) is 0 Å². The van der Waals surface area contributed by atoms with Crippen molar-refractivity contribution in [2.45, 2.75) is 56.4 Å². The predicted octanol–water partition coefficient (Wildman–Crippen LogP) is 5.77. The third-order valence-corrected chi connectivity index (χ3v) is 5.06. The van der Waals surface area contributed by atoms with Gasteiger partial charge in [0.05, 0.1) is 0 Å². The van der Waals surface area contributed by atoms with E-state index in [0.29, 0.717) is 6.42 Å². The van der Waals surface area contributed by atoms with E-state index in [2.05, 4.69) is 0 Å². The molecule has 1 rings (SSSR count). The summed E-state index contributed by atoms with van der Waals surface area (Å²) in [5, 5.41) is 0.734. The molecule has 136 valence electrons. The van der Waals surface area contributed by atoms with Crippen molar-refractivity contribution in [3.8, 4) is 0 Å². The van der Waals surface area contributed by atoms with Crippen LogP contribution >= 0.6 is 11.8 Å². The van der Waals surface area contributed by atoms with E-state index in [-0.39, 0.29) is 17.1 Å². The van der Waals surface area contributed by atoms with Gasteiger partial charge in [0, 0.05) is 11.8 Å². The van der Waals surface area contributed by atoms with Crippen molar-refractivity contribution < 1.29 is 25.8 Å². The molecular formula is C16H21F3O3S2. The van der Waals surface area contributed by atoms with Gasteiger partial charge in [-0.3, -0.25) is 0 Å². The van der Waals surface area contributed by atoms with Crippen LogP contribution in [-0.2, 0) is 14.3 Å². The molecule has 0 unspecified atom stereocenters. The highest BCUT2D eigenvalue weighted by Crippen LogP contribution is 2.33. The van der Waals surface area contributed by atoms with Crippen molar-refractivity contribution in [3.05, 3.63) is 41.0 Å². The molecule has 0 fully saturated rings. The van der Waals surface area contributed by atoms with E-state index in [1.165, 1.54) is 12.1 Å². The Labute approximate surface area is 145 Å². The number of aryl methyl sites for hydroxylation is 1. The Morgan fingerprint density at radius 3 is 2.33 bits per heavy atom. The van der Waals surface area contributed by atoms with E-state index >= 15 is 0 Å². The van der Waals surface area contributed by atoms with Crippen molar-refractivity contribution in [1.82, 2.24) is 0 Å². The monoisotopic (exact) mass is 382 g/mol. The summed E-state index contributed by atoms with van der Waals surface area (Å²) < 4.78 is 66.5. The fourth-order valence-corrected chi connectivity index (χ4v) is 3.34. The Hall–Kier alpha value is -1.15. The number of rotatable bonds is 9. The van der Waals surface area contributed by atoms with Crippen LogP contribution in [0.1, 0.15) is 44.6 Å². The molecule has 0 aliphatic carbocycles. The minimum Gasteiger partial charge on any atom is -0.383 e. The van der Waals surface area contributed by atoms with Crippen LogP contribution in [0.5, 0.6) is 0 Å². The maximum absolute atomic E-state index is 12.4. The second-order valence-corrected chi connectivity index (χ2v) is 7.79. The van der Waals surface area contributed by atoms with Crippen LogP contribution in [0.4, 0.5) is 13.2 Å². The molecule has 0 amide bonds. The van der Waals surface area contributed by atoms with Gasteiger partial charge in [0.15, 0.2) is 0 Å². The lowest BCUT2D eigenvalue weighted by molar-refractivity contribution is -0.0320. The number of thioether (sulfide) groups is 1. The highest BCUT2D eigenvalue weighted by atomic mass is 32.2. The first-order valence-corrected chi connectivity index (χ1v) is 9.87. The van der Waals surface area contributed by atoms with Gasteiger partial charge < -0.3 is 4.18 Å². The number of benzene rings is 1. The van der Waals surface area contributed by atoms with Crippen LogP contribution < -0.4 is 0 Å². The van der Waals surface area contributed by atoms with Crippen LogP contribution in [0.15, 0.2) is 40.3 Å². The van der Waals surface area contributed by atoms with E-state index in [1.807, 2.05) is 6.92 Å². The molecule has 0 aliphatic rings. The Bertz CT molecular complexity index is 636. The summed E-state index contributed by atoms with van der Waals surface area (Å²) in [4.78, 5) is -0.0791. The Balaban J connectivity index is 2.87. The van der Waals surface area contributed by atoms with Crippen molar-refractivity contribution in [2.75, 3.05) is 0 Å². The molecule has 1 aromatic carbocycles. The molecule has 0 saturated heterocycles. The summed E-state index contributed by atoms with van der Waals surface area (Å²) in [7, 11) is -4.14. The SMILES string of the molecule is CCCCCC/C(=C/SC(F)(F)F)OS(=O)(=O)c1ccc(C)cc1. The summed E-state index contributed by atoms with van der Waals surface area (Å²) in [5.41, 5.74) is -3.61. The standard InChI is InChI=1S/C16H21F3O3S2/c1-3-4-5-6-7-14(12-23-16(17,18)19)22-24(20,21)15-10-8-13(2)9-11-15/h8-12H,3-7H2,1-2H3/b14-12-. The zero-order chi connectivity index (χ0) is 18.2. The largest absolute Gasteiger partial charge is 0.445 e. The summed E-state index contributed by atoms with van der Waals surface area (Å²) in [5.74, 6) is -0.186. The van der Waals surface area contributed by atoms with E-state index in [0.717, 1.165) is 30.2 Å². The summed E-state index contributed by atoms with van der Waals surface area (Å²) in [6.07, 6.45) is 3.43. The topological polar surface area (TPSA) is 43.4 Å². The van der Waals surface area contributed by atoms with Gasteiger partial charge in [-0.2, -0.15) is 21.6 Å². The molecule has 8 heteroatoms. The molecule has 0 aliphatic heterocycles. The first kappa shape index (κ1) is 20.9. The van der Waals surface area contributed by atoms with Gasteiger partial charge in [-0.1, -0.05) is 43.9 Å². The van der Waals surface area contributed by atoms with Crippen LogP contribution in [0, 0.1) is 6.92 Å². The number of alkyl halides is 3. The zero-order valence-electron chi connectivity index (χ0n) is 13.6. The normalized spacial score (nSPS) is 13.1. The fourth-order valence-electron chi connectivity index (χ4n) is 1.87. The van der Waals surface area contributed by atoms with Crippen LogP contribution in [0.3, 0.4) is 0 Å². The highest BCUT2D eigenvalue weighted by Gasteiger charge is 2.28. The minimum absolute atomic E-state index is 0.0791. The molecule has 3 nitrogen and oxygen atoms in total. The lowest BCUT2D eigenvalue weighted by atomic mass is 10.1. The first-order valence-electron chi connectivity index (χ1n) is 7.59. The predicted molar refractivity (Wildman–Crippen MR) is 89.9 cm³/mol. The van der Waals surface area contributed by atoms with Crippen LogP contribution in [-0.4, -0.2) is 13.9 Å². The summed E-state index contributed by atoms with van der Waals surface area (Å²) >= 11 is -0.408. The number of halogens is 3. The molecule has 0 heterocycles. The molecular weight excluding hydrogens is 361 g/mol. The quantitative estimate of drug-likeness (QED) is 0.309. The molecule has 0 atom stereocenters. The van der Waals surface area contributed by atoms with Gasteiger partial charge in [-0.05, 0) is 37.2 Å². The maximum atomic E-state index is 12.4. The smallest absolute Gasteiger partial charge is 0.383 e. The number of hydrogen-bond acceptors (Lipinski definition) is 4. The van der Waals surface area contributed by atoms with Gasteiger partial charge in [0.25, 0.3) is 0 Å². The fraction of sp³-hybridized carbons (Fsp3) is 0.500. The van der Waals surface area contributed by atoms with Crippen LogP contribution in [0.2, 0.25) is 0 Å². The molecule has 0 N–H and O–H groups in total. The third-order valence-electron chi connectivity index (χ3n) is 3.13.